The highest BCUT2D eigenvalue weighted by Gasteiger charge is 2.28. The van der Waals surface area contributed by atoms with Gasteiger partial charge in [-0.15, -0.1) is 0 Å². The first-order chi connectivity index (χ1) is 13.6. The molecule has 5 nitrogen and oxygen atoms in total. The van der Waals surface area contributed by atoms with Crippen molar-refractivity contribution in [2.75, 3.05) is 20.3 Å². The van der Waals surface area contributed by atoms with Gasteiger partial charge in [-0.1, -0.05) is 12.1 Å². The van der Waals surface area contributed by atoms with Gasteiger partial charge in [0.05, 0.1) is 6.10 Å². The molecular weight excluding hydrogens is 354 g/mol. The predicted octanol–water partition coefficient (Wildman–Crippen LogP) is 3.30. The molecule has 2 unspecified atom stereocenters. The molecule has 1 saturated heterocycles. The quantitative estimate of drug-likeness (QED) is 0.723. The first kappa shape index (κ1) is 18.7. The average molecular weight is 379 g/mol. The molecule has 2 aliphatic rings. The molecule has 0 aromatic heterocycles. The molecule has 1 aliphatic heterocycles. The lowest BCUT2D eigenvalue weighted by atomic mass is 10.1. The average Bonchev–Trinajstić information content (AvgIpc) is 3.40. The molecule has 0 saturated carbocycles. The van der Waals surface area contributed by atoms with Crippen LogP contribution in [-0.2, 0) is 17.6 Å². The first-order valence-electron chi connectivity index (χ1n) is 9.82. The molecule has 5 heteroatoms. The fourth-order valence-corrected chi connectivity index (χ4v) is 3.99. The molecule has 0 N–H and O–H groups in total. The van der Waals surface area contributed by atoms with Crippen molar-refractivity contribution in [3.8, 4) is 5.75 Å². The summed E-state index contributed by atoms with van der Waals surface area (Å²) in [6, 6.07) is 13.2. The molecule has 4 rings (SSSR count). The first-order valence-corrected chi connectivity index (χ1v) is 9.82. The molecule has 2 atom stereocenters. The summed E-state index contributed by atoms with van der Waals surface area (Å²) in [6.07, 6.45) is 4.78. The Morgan fingerprint density at radius 3 is 2.68 bits per heavy atom. The van der Waals surface area contributed by atoms with Gasteiger partial charge in [0.15, 0.2) is 0 Å². The molecule has 0 radical (unpaired) electrons. The van der Waals surface area contributed by atoms with Crippen LogP contribution in [0.4, 0.5) is 0 Å². The summed E-state index contributed by atoms with van der Waals surface area (Å²) in [5.41, 5.74) is 3.71. The van der Waals surface area contributed by atoms with E-state index in [2.05, 4.69) is 0 Å². The van der Waals surface area contributed by atoms with Crippen LogP contribution >= 0.6 is 0 Å². The summed E-state index contributed by atoms with van der Waals surface area (Å²) in [5, 5.41) is 0. The number of rotatable bonds is 6. The van der Waals surface area contributed by atoms with Crippen LogP contribution in [0.2, 0.25) is 0 Å². The van der Waals surface area contributed by atoms with E-state index < -0.39 is 0 Å². The Morgan fingerprint density at radius 2 is 1.96 bits per heavy atom. The number of amides is 1. The third-order valence-corrected chi connectivity index (χ3v) is 5.71. The highest BCUT2D eigenvalue weighted by Crippen LogP contribution is 2.27. The minimum Gasteiger partial charge on any atom is -0.491 e. The van der Waals surface area contributed by atoms with Gasteiger partial charge in [-0.05, 0) is 67.1 Å². The number of hydrogen-bond acceptors (Lipinski definition) is 4. The largest absolute Gasteiger partial charge is 0.491 e. The SMILES string of the molecule is CN(C(=O)c1ccc(OCC2CCCO2)cc1)C1Cc2ccc(C=O)cc2C1. The van der Waals surface area contributed by atoms with Crippen molar-refractivity contribution in [3.63, 3.8) is 0 Å². The summed E-state index contributed by atoms with van der Waals surface area (Å²) in [4.78, 5) is 25.7. The maximum atomic E-state index is 12.9. The van der Waals surface area contributed by atoms with Gasteiger partial charge in [0, 0.05) is 30.8 Å². The topological polar surface area (TPSA) is 55.8 Å². The van der Waals surface area contributed by atoms with E-state index in [0.717, 1.165) is 49.9 Å². The second-order valence-electron chi connectivity index (χ2n) is 7.59. The molecular formula is C23H25NO4. The van der Waals surface area contributed by atoms with E-state index in [9.17, 15) is 9.59 Å². The zero-order valence-electron chi connectivity index (χ0n) is 16.1. The number of carbonyl (C=O) groups is 2. The molecule has 28 heavy (non-hydrogen) atoms. The molecule has 1 amide bonds. The van der Waals surface area contributed by atoms with Crippen LogP contribution in [0.1, 0.15) is 44.7 Å². The van der Waals surface area contributed by atoms with Crippen LogP contribution in [0.3, 0.4) is 0 Å². The Balaban J connectivity index is 1.36. The van der Waals surface area contributed by atoms with Crippen molar-refractivity contribution >= 4 is 12.2 Å². The van der Waals surface area contributed by atoms with Gasteiger partial charge < -0.3 is 14.4 Å². The van der Waals surface area contributed by atoms with E-state index in [1.165, 1.54) is 5.56 Å². The van der Waals surface area contributed by atoms with E-state index in [1.807, 2.05) is 54.4 Å². The minimum absolute atomic E-state index is 0.000840. The molecule has 146 valence electrons. The van der Waals surface area contributed by atoms with E-state index in [1.54, 1.807) is 0 Å². The number of carbonyl (C=O) groups excluding carboxylic acids is 2. The number of benzene rings is 2. The highest BCUT2D eigenvalue weighted by molar-refractivity contribution is 5.94. The fraction of sp³-hybridized carbons (Fsp3) is 0.391. The number of hydrogen-bond donors (Lipinski definition) is 0. The molecule has 1 fully saturated rings. The van der Waals surface area contributed by atoms with Crippen molar-refractivity contribution in [1.29, 1.82) is 0 Å². The number of nitrogens with zero attached hydrogens (tertiary/aromatic N) is 1. The Labute approximate surface area is 165 Å². The second-order valence-corrected chi connectivity index (χ2v) is 7.59. The third kappa shape index (κ3) is 3.94. The van der Waals surface area contributed by atoms with E-state index in [-0.39, 0.29) is 18.1 Å². The Hall–Kier alpha value is -2.66. The smallest absolute Gasteiger partial charge is 0.253 e. The molecule has 2 aromatic carbocycles. The maximum Gasteiger partial charge on any atom is 0.253 e. The lowest BCUT2D eigenvalue weighted by Crippen LogP contribution is -2.37. The normalized spacial score (nSPS) is 20.6. The Morgan fingerprint density at radius 1 is 1.18 bits per heavy atom. The van der Waals surface area contributed by atoms with Crippen molar-refractivity contribution in [3.05, 3.63) is 64.7 Å². The summed E-state index contributed by atoms with van der Waals surface area (Å²) in [5.74, 6) is 0.753. The van der Waals surface area contributed by atoms with E-state index in [0.29, 0.717) is 17.7 Å². The molecule has 1 aliphatic carbocycles. The number of aldehydes is 1. The molecule has 2 aromatic rings. The standard InChI is InChI=1S/C23H25NO4/c1-24(20-12-18-5-4-16(14-25)11-19(18)13-20)23(26)17-6-8-21(9-7-17)28-15-22-3-2-10-27-22/h4-9,11,14,20,22H,2-3,10,12-13,15H2,1H3. The van der Waals surface area contributed by atoms with Crippen molar-refractivity contribution in [1.82, 2.24) is 4.90 Å². The van der Waals surface area contributed by atoms with Gasteiger partial charge in [-0.3, -0.25) is 9.59 Å². The van der Waals surface area contributed by atoms with Crippen LogP contribution in [0.15, 0.2) is 42.5 Å². The second kappa shape index (κ2) is 8.15. The predicted molar refractivity (Wildman–Crippen MR) is 106 cm³/mol. The summed E-state index contributed by atoms with van der Waals surface area (Å²) in [6.45, 7) is 1.37. The number of fused-ring (bicyclic) bond motifs is 1. The zero-order chi connectivity index (χ0) is 19.5. The summed E-state index contributed by atoms with van der Waals surface area (Å²) >= 11 is 0. The fourth-order valence-electron chi connectivity index (χ4n) is 3.99. The monoisotopic (exact) mass is 379 g/mol. The third-order valence-electron chi connectivity index (χ3n) is 5.71. The molecule has 0 bridgehead atoms. The number of ether oxygens (including phenoxy) is 2. The van der Waals surface area contributed by atoms with Crippen LogP contribution in [0, 0.1) is 0 Å². The Bertz CT molecular complexity index is 855. The lowest BCUT2D eigenvalue weighted by molar-refractivity contribution is 0.0678. The summed E-state index contributed by atoms with van der Waals surface area (Å²) in [7, 11) is 1.85. The molecule has 0 spiro atoms. The summed E-state index contributed by atoms with van der Waals surface area (Å²) < 4.78 is 11.3. The van der Waals surface area contributed by atoms with Crippen LogP contribution in [0.5, 0.6) is 5.75 Å². The van der Waals surface area contributed by atoms with Crippen molar-refractivity contribution in [2.45, 2.75) is 37.8 Å². The van der Waals surface area contributed by atoms with Crippen molar-refractivity contribution < 1.29 is 19.1 Å². The van der Waals surface area contributed by atoms with Crippen molar-refractivity contribution in [2.24, 2.45) is 0 Å². The zero-order valence-corrected chi connectivity index (χ0v) is 16.1. The van der Waals surface area contributed by atoms with E-state index in [4.69, 9.17) is 9.47 Å². The van der Waals surface area contributed by atoms with Gasteiger partial charge in [-0.25, -0.2) is 0 Å². The van der Waals surface area contributed by atoms with Crippen LogP contribution < -0.4 is 4.74 Å². The van der Waals surface area contributed by atoms with Gasteiger partial charge in [0.1, 0.15) is 18.6 Å². The van der Waals surface area contributed by atoms with Crippen LogP contribution in [-0.4, -0.2) is 49.5 Å². The van der Waals surface area contributed by atoms with E-state index >= 15 is 0 Å². The van der Waals surface area contributed by atoms with Gasteiger partial charge >= 0.3 is 0 Å². The maximum absolute atomic E-state index is 12.9. The minimum atomic E-state index is -0.000840. The highest BCUT2D eigenvalue weighted by atomic mass is 16.5. The number of likely N-dealkylation sites (N-methyl/N-ethyl adjacent to an activating group) is 1. The lowest BCUT2D eigenvalue weighted by Gasteiger charge is -2.24. The Kier molecular flexibility index (Phi) is 5.44. The van der Waals surface area contributed by atoms with Crippen LogP contribution in [0.25, 0.3) is 0 Å². The van der Waals surface area contributed by atoms with Gasteiger partial charge in [-0.2, -0.15) is 0 Å². The van der Waals surface area contributed by atoms with Gasteiger partial charge in [0.25, 0.3) is 5.91 Å². The molecule has 1 heterocycles. The van der Waals surface area contributed by atoms with Gasteiger partial charge in [0.2, 0.25) is 0 Å².